The zero-order valence-electron chi connectivity index (χ0n) is 14.5. The van der Waals surface area contributed by atoms with Gasteiger partial charge in [-0.05, 0) is 30.5 Å². The molecule has 0 aliphatic carbocycles. The summed E-state index contributed by atoms with van der Waals surface area (Å²) >= 11 is 0. The van der Waals surface area contributed by atoms with E-state index in [2.05, 4.69) is 5.32 Å². The molecule has 2 aromatic rings. The number of benzene rings is 1. The van der Waals surface area contributed by atoms with Crippen LogP contribution in [0.1, 0.15) is 25.3 Å². The Balaban J connectivity index is 1.66. The molecule has 1 aliphatic rings. The molecule has 8 heteroatoms. The summed E-state index contributed by atoms with van der Waals surface area (Å²) in [5.41, 5.74) is 0.921. The molecule has 1 fully saturated rings. The third-order valence-corrected chi connectivity index (χ3v) is 6.06. The van der Waals surface area contributed by atoms with Crippen LogP contribution in [0.4, 0.5) is 0 Å². The maximum atomic E-state index is 11.9. The molecule has 1 N–H and O–H groups in total. The Bertz CT molecular complexity index is 979. The van der Waals surface area contributed by atoms with Crippen molar-refractivity contribution in [2.24, 2.45) is 0 Å². The zero-order valence-corrected chi connectivity index (χ0v) is 15.3. The van der Waals surface area contributed by atoms with Gasteiger partial charge in [-0.3, -0.25) is 4.79 Å². The fourth-order valence-electron chi connectivity index (χ4n) is 3.10. The number of nitrogens with one attached hydrogen (secondary N) is 1. The topological polar surface area (TPSA) is 103 Å². The smallest absolute Gasteiger partial charge is 0.336 e. The van der Waals surface area contributed by atoms with Gasteiger partial charge in [0.25, 0.3) is 5.91 Å². The van der Waals surface area contributed by atoms with Crippen LogP contribution in [0, 0.1) is 0 Å². The van der Waals surface area contributed by atoms with Gasteiger partial charge < -0.3 is 14.5 Å². The third kappa shape index (κ3) is 4.43. The first-order valence-corrected chi connectivity index (χ1v) is 10.4. The molecule has 1 aliphatic heterocycles. The monoisotopic (exact) mass is 379 g/mol. The number of carbonyl (C=O) groups is 1. The number of rotatable bonds is 6. The van der Waals surface area contributed by atoms with Crippen LogP contribution >= 0.6 is 0 Å². The number of amides is 1. The van der Waals surface area contributed by atoms with Crippen LogP contribution in [0.3, 0.4) is 0 Å². The number of hydrogen-bond acceptors (Lipinski definition) is 6. The second-order valence-corrected chi connectivity index (χ2v) is 8.68. The van der Waals surface area contributed by atoms with Crippen LogP contribution in [0.2, 0.25) is 0 Å². The van der Waals surface area contributed by atoms with Crippen LogP contribution in [0.25, 0.3) is 11.0 Å². The minimum atomic E-state index is -3.04. The third-order valence-electron chi connectivity index (χ3n) is 4.29. The molecule has 140 valence electrons. The lowest BCUT2D eigenvalue weighted by molar-refractivity contribution is -0.123. The molecule has 1 aromatic heterocycles. The summed E-state index contributed by atoms with van der Waals surface area (Å²) in [5, 5.41) is 3.51. The molecule has 2 heterocycles. The number of ether oxygens (including phenoxy) is 1. The average Bonchev–Trinajstić information content (AvgIpc) is 2.91. The highest BCUT2D eigenvalue weighted by molar-refractivity contribution is 7.91. The van der Waals surface area contributed by atoms with Crippen molar-refractivity contribution < 1.29 is 22.4 Å². The number of hydrogen-bond donors (Lipinski definition) is 1. The van der Waals surface area contributed by atoms with E-state index in [1.54, 1.807) is 18.2 Å². The van der Waals surface area contributed by atoms with E-state index in [0.717, 1.165) is 23.8 Å². The summed E-state index contributed by atoms with van der Waals surface area (Å²) in [4.78, 5) is 23.6. The normalized spacial score (nSPS) is 18.7. The van der Waals surface area contributed by atoms with Gasteiger partial charge in [-0.25, -0.2) is 13.2 Å². The summed E-state index contributed by atoms with van der Waals surface area (Å²) in [5.74, 6) is 0.0970. The van der Waals surface area contributed by atoms with Crippen molar-refractivity contribution in [3.05, 3.63) is 40.2 Å². The quantitative estimate of drug-likeness (QED) is 0.762. The molecule has 0 unspecified atom stereocenters. The maximum Gasteiger partial charge on any atom is 0.336 e. The molecule has 0 radical (unpaired) electrons. The van der Waals surface area contributed by atoms with Gasteiger partial charge in [-0.2, -0.15) is 0 Å². The number of aryl methyl sites for hydroxylation is 1. The van der Waals surface area contributed by atoms with E-state index in [-0.39, 0.29) is 30.1 Å². The van der Waals surface area contributed by atoms with Crippen LogP contribution in [-0.4, -0.2) is 38.5 Å². The Labute approximate surface area is 151 Å². The highest BCUT2D eigenvalue weighted by Crippen LogP contribution is 2.23. The molecule has 3 rings (SSSR count). The lowest BCUT2D eigenvalue weighted by Gasteiger charge is -2.12. The molecule has 7 nitrogen and oxygen atoms in total. The summed E-state index contributed by atoms with van der Waals surface area (Å²) in [6.07, 6.45) is 2.11. The molecular formula is C18H21NO6S. The molecule has 26 heavy (non-hydrogen) atoms. The molecule has 0 saturated carbocycles. The maximum absolute atomic E-state index is 11.9. The van der Waals surface area contributed by atoms with E-state index in [1.165, 1.54) is 6.07 Å². The Morgan fingerprint density at radius 1 is 1.35 bits per heavy atom. The highest BCUT2D eigenvalue weighted by atomic mass is 32.2. The van der Waals surface area contributed by atoms with Crippen LogP contribution < -0.4 is 15.7 Å². The largest absolute Gasteiger partial charge is 0.484 e. The van der Waals surface area contributed by atoms with Crippen molar-refractivity contribution in [3.8, 4) is 5.75 Å². The second kappa shape index (κ2) is 7.49. The predicted molar refractivity (Wildman–Crippen MR) is 97.2 cm³/mol. The SMILES string of the molecule is CCCc1cc(=O)oc2cc(OCC(=O)N[C@H]3CCS(=O)(=O)C3)ccc12. The van der Waals surface area contributed by atoms with Gasteiger partial charge in [0.15, 0.2) is 16.4 Å². The summed E-state index contributed by atoms with van der Waals surface area (Å²) in [6, 6.07) is 6.25. The van der Waals surface area contributed by atoms with Gasteiger partial charge >= 0.3 is 5.63 Å². The number of carbonyl (C=O) groups excluding carboxylic acids is 1. The van der Waals surface area contributed by atoms with Crippen molar-refractivity contribution >= 4 is 26.7 Å². The predicted octanol–water partition coefficient (Wildman–Crippen LogP) is 1.43. The van der Waals surface area contributed by atoms with Gasteiger partial charge in [0, 0.05) is 23.6 Å². The van der Waals surface area contributed by atoms with Crippen LogP contribution in [0.15, 0.2) is 33.5 Å². The van der Waals surface area contributed by atoms with Crippen molar-refractivity contribution in [2.75, 3.05) is 18.1 Å². The highest BCUT2D eigenvalue weighted by Gasteiger charge is 2.28. The lowest BCUT2D eigenvalue weighted by atomic mass is 10.1. The molecular weight excluding hydrogens is 358 g/mol. The van der Waals surface area contributed by atoms with Crippen LogP contribution in [0.5, 0.6) is 5.75 Å². The van der Waals surface area contributed by atoms with Gasteiger partial charge in [0.1, 0.15) is 11.3 Å². The molecule has 0 spiro atoms. The van der Waals surface area contributed by atoms with E-state index in [0.29, 0.717) is 17.8 Å². The fourth-order valence-corrected chi connectivity index (χ4v) is 4.78. The number of sulfone groups is 1. The van der Waals surface area contributed by atoms with Gasteiger partial charge in [-0.15, -0.1) is 0 Å². The van der Waals surface area contributed by atoms with Gasteiger partial charge in [-0.1, -0.05) is 13.3 Å². The van der Waals surface area contributed by atoms with Crippen molar-refractivity contribution in [3.63, 3.8) is 0 Å². The first kappa shape index (κ1) is 18.4. The molecule has 1 atom stereocenters. The first-order valence-electron chi connectivity index (χ1n) is 8.55. The fraction of sp³-hybridized carbons (Fsp3) is 0.444. The van der Waals surface area contributed by atoms with E-state index >= 15 is 0 Å². The minimum absolute atomic E-state index is 0.0277. The Morgan fingerprint density at radius 3 is 2.85 bits per heavy atom. The Morgan fingerprint density at radius 2 is 2.15 bits per heavy atom. The second-order valence-electron chi connectivity index (χ2n) is 6.45. The first-order chi connectivity index (χ1) is 12.4. The zero-order chi connectivity index (χ0) is 18.7. The standard InChI is InChI=1S/C18H21NO6S/c1-2-3-12-8-18(21)25-16-9-14(4-5-15(12)16)24-10-17(20)19-13-6-7-26(22,23)11-13/h4-5,8-9,13H,2-3,6-7,10-11H2,1H3,(H,19,20)/t13-/m0/s1. The van der Waals surface area contributed by atoms with E-state index in [4.69, 9.17) is 9.15 Å². The number of fused-ring (bicyclic) bond motifs is 1. The molecule has 1 aromatic carbocycles. The molecule has 1 amide bonds. The van der Waals surface area contributed by atoms with Crippen molar-refractivity contribution in [1.29, 1.82) is 0 Å². The molecule has 1 saturated heterocycles. The van der Waals surface area contributed by atoms with E-state index in [1.807, 2.05) is 6.92 Å². The Hall–Kier alpha value is -2.35. The summed E-state index contributed by atoms with van der Waals surface area (Å²) in [6.45, 7) is 1.80. The molecule has 0 bridgehead atoms. The van der Waals surface area contributed by atoms with Crippen molar-refractivity contribution in [2.45, 2.75) is 32.2 Å². The lowest BCUT2D eigenvalue weighted by Crippen LogP contribution is -2.38. The van der Waals surface area contributed by atoms with E-state index in [9.17, 15) is 18.0 Å². The van der Waals surface area contributed by atoms with E-state index < -0.39 is 15.5 Å². The van der Waals surface area contributed by atoms with Crippen molar-refractivity contribution in [1.82, 2.24) is 5.32 Å². The average molecular weight is 379 g/mol. The summed E-state index contributed by atoms with van der Waals surface area (Å²) < 4.78 is 33.5. The Kier molecular flexibility index (Phi) is 5.31. The van der Waals surface area contributed by atoms with Crippen LogP contribution in [-0.2, 0) is 21.1 Å². The van der Waals surface area contributed by atoms with Gasteiger partial charge in [0.05, 0.1) is 11.5 Å². The minimum Gasteiger partial charge on any atom is -0.484 e. The van der Waals surface area contributed by atoms with Gasteiger partial charge in [0.2, 0.25) is 0 Å². The summed E-state index contributed by atoms with van der Waals surface area (Å²) in [7, 11) is -3.04.